The van der Waals surface area contributed by atoms with E-state index in [2.05, 4.69) is 10.6 Å². The smallest absolute Gasteiger partial charge is 0.312 e. The first-order valence-electron chi connectivity index (χ1n) is 10.7. The Balaban J connectivity index is 1.38. The van der Waals surface area contributed by atoms with E-state index in [1.807, 2.05) is 0 Å². The lowest BCUT2D eigenvalue weighted by Gasteiger charge is -2.60. The van der Waals surface area contributed by atoms with E-state index in [1.54, 1.807) is 18.2 Å². The molecule has 2 N–H and O–H groups in total. The minimum atomic E-state index is -0.601. The van der Waals surface area contributed by atoms with Crippen LogP contribution in [-0.2, 0) is 19.1 Å². The average Bonchev–Trinajstić information content (AvgIpc) is 2.69. The van der Waals surface area contributed by atoms with Crippen LogP contribution in [0.15, 0.2) is 18.2 Å². The Labute approximate surface area is 182 Å². The van der Waals surface area contributed by atoms with Gasteiger partial charge in [0, 0.05) is 24.2 Å². The van der Waals surface area contributed by atoms with E-state index in [0.717, 1.165) is 32.1 Å². The zero-order chi connectivity index (χ0) is 22.2. The summed E-state index contributed by atoms with van der Waals surface area (Å²) in [6, 6.07) is 5.03. The lowest BCUT2D eigenvalue weighted by atomic mass is 9.47. The van der Waals surface area contributed by atoms with Crippen LogP contribution >= 0.6 is 0 Å². The third kappa shape index (κ3) is 4.20. The molecule has 4 aliphatic rings. The Bertz CT molecular complexity index is 884. The largest absolute Gasteiger partial charge is 0.493 e. The van der Waals surface area contributed by atoms with Crippen LogP contribution in [0.25, 0.3) is 0 Å². The van der Waals surface area contributed by atoms with Gasteiger partial charge in [-0.05, 0) is 62.5 Å². The Morgan fingerprint density at radius 1 is 1.03 bits per heavy atom. The molecule has 4 aliphatic carbocycles. The second kappa shape index (κ2) is 8.05. The van der Waals surface area contributed by atoms with Crippen molar-refractivity contribution >= 4 is 23.5 Å². The van der Waals surface area contributed by atoms with Crippen molar-refractivity contribution in [1.29, 1.82) is 0 Å². The fourth-order valence-corrected chi connectivity index (χ4v) is 6.42. The van der Waals surface area contributed by atoms with Crippen LogP contribution in [0.1, 0.15) is 45.4 Å². The molecule has 2 amide bonds. The third-order valence-corrected chi connectivity index (χ3v) is 6.94. The summed E-state index contributed by atoms with van der Waals surface area (Å²) in [5, 5.41) is 5.86. The first-order chi connectivity index (χ1) is 14.8. The molecule has 0 saturated heterocycles. The van der Waals surface area contributed by atoms with Crippen molar-refractivity contribution in [3.63, 3.8) is 0 Å². The van der Waals surface area contributed by atoms with Crippen LogP contribution < -0.4 is 20.1 Å². The maximum atomic E-state index is 13.1. The molecule has 0 aromatic heterocycles. The van der Waals surface area contributed by atoms with E-state index >= 15 is 0 Å². The molecule has 0 aliphatic heterocycles. The van der Waals surface area contributed by atoms with Crippen molar-refractivity contribution < 1.29 is 28.6 Å². The molecule has 0 spiro atoms. The summed E-state index contributed by atoms with van der Waals surface area (Å²) in [5.41, 5.74) is -0.384. The fourth-order valence-electron chi connectivity index (χ4n) is 6.42. The van der Waals surface area contributed by atoms with Gasteiger partial charge >= 0.3 is 5.97 Å². The molecule has 0 radical (unpaired) electrons. The molecule has 4 fully saturated rings. The molecule has 0 heterocycles. The number of hydrogen-bond donors (Lipinski definition) is 2. The van der Waals surface area contributed by atoms with Gasteiger partial charge in [-0.3, -0.25) is 14.4 Å². The number of methoxy groups -OCH3 is 2. The summed E-state index contributed by atoms with van der Waals surface area (Å²) < 4.78 is 15.9. The van der Waals surface area contributed by atoms with Gasteiger partial charge in [-0.1, -0.05) is 0 Å². The van der Waals surface area contributed by atoms with Gasteiger partial charge in [0.15, 0.2) is 18.1 Å². The quantitative estimate of drug-likeness (QED) is 0.645. The summed E-state index contributed by atoms with van der Waals surface area (Å²) in [6.07, 6.45) is 5.12. The lowest BCUT2D eigenvalue weighted by Crippen LogP contribution is -2.64. The summed E-state index contributed by atoms with van der Waals surface area (Å²) in [5.74, 6) is 1.10. The first kappa shape index (κ1) is 21.5. The lowest BCUT2D eigenvalue weighted by molar-refractivity contribution is -0.176. The Morgan fingerprint density at radius 2 is 1.71 bits per heavy atom. The van der Waals surface area contributed by atoms with Crippen LogP contribution in [0.4, 0.5) is 5.69 Å². The summed E-state index contributed by atoms with van der Waals surface area (Å²) >= 11 is 0. The van der Waals surface area contributed by atoms with Gasteiger partial charge in [0.05, 0.1) is 19.6 Å². The van der Waals surface area contributed by atoms with Gasteiger partial charge in [-0.25, -0.2) is 0 Å². The predicted molar refractivity (Wildman–Crippen MR) is 113 cm³/mol. The Kier molecular flexibility index (Phi) is 5.58. The SMILES string of the molecule is COc1ccc(NC(=O)COC(=O)C23C[C@H]4C[C@@H](CC(NC(C)=O)(C4)C2)C3)cc1OC. The van der Waals surface area contributed by atoms with Gasteiger partial charge in [0.25, 0.3) is 5.91 Å². The van der Waals surface area contributed by atoms with E-state index in [0.29, 0.717) is 35.4 Å². The molecule has 0 unspecified atom stereocenters. The minimum Gasteiger partial charge on any atom is -0.493 e. The van der Waals surface area contributed by atoms with E-state index in [-0.39, 0.29) is 24.0 Å². The van der Waals surface area contributed by atoms with Gasteiger partial charge in [0.2, 0.25) is 5.91 Å². The number of carbonyl (C=O) groups is 3. The van der Waals surface area contributed by atoms with Crippen LogP contribution in [0.5, 0.6) is 11.5 Å². The Hall–Kier alpha value is -2.77. The standard InChI is InChI=1S/C23H30N2O6/c1-14(26)25-23-10-15-6-16(11-23)9-22(8-15,13-23)21(28)31-12-20(27)24-17-4-5-18(29-2)19(7-17)30-3/h4-5,7,15-16H,6,8-13H2,1-3H3,(H,24,27)(H,25,26)/t15-,16-,22?,23?/m1/s1. The highest BCUT2D eigenvalue weighted by atomic mass is 16.5. The normalized spacial score (nSPS) is 30.4. The van der Waals surface area contributed by atoms with E-state index in [1.165, 1.54) is 21.1 Å². The van der Waals surface area contributed by atoms with E-state index in [4.69, 9.17) is 14.2 Å². The van der Waals surface area contributed by atoms with Crippen LogP contribution in [0, 0.1) is 17.3 Å². The molecule has 8 nitrogen and oxygen atoms in total. The van der Waals surface area contributed by atoms with Crippen molar-refractivity contribution in [1.82, 2.24) is 5.32 Å². The maximum absolute atomic E-state index is 13.1. The van der Waals surface area contributed by atoms with Crippen molar-refractivity contribution in [3.05, 3.63) is 18.2 Å². The predicted octanol–water partition coefficient (Wildman–Crippen LogP) is 2.66. The number of nitrogens with one attached hydrogen (secondary N) is 2. The molecule has 2 atom stereocenters. The molecular formula is C23H30N2O6. The fraction of sp³-hybridized carbons (Fsp3) is 0.609. The summed E-state index contributed by atoms with van der Waals surface area (Å²) in [4.78, 5) is 37.3. The number of ether oxygens (including phenoxy) is 3. The number of benzene rings is 1. The minimum absolute atomic E-state index is 0.0558. The second-order valence-corrected chi connectivity index (χ2v) is 9.40. The average molecular weight is 431 g/mol. The van der Waals surface area contributed by atoms with E-state index < -0.39 is 11.3 Å². The van der Waals surface area contributed by atoms with Gasteiger partial charge in [-0.15, -0.1) is 0 Å². The number of hydrogen-bond acceptors (Lipinski definition) is 6. The van der Waals surface area contributed by atoms with Crippen molar-refractivity contribution in [2.75, 3.05) is 26.1 Å². The second-order valence-electron chi connectivity index (χ2n) is 9.40. The number of esters is 1. The van der Waals surface area contributed by atoms with Crippen molar-refractivity contribution in [2.45, 2.75) is 51.0 Å². The number of rotatable bonds is 7. The Morgan fingerprint density at radius 3 is 2.32 bits per heavy atom. The van der Waals surface area contributed by atoms with Crippen LogP contribution in [0.2, 0.25) is 0 Å². The number of carbonyl (C=O) groups excluding carboxylic acids is 3. The van der Waals surface area contributed by atoms with Crippen LogP contribution in [0.3, 0.4) is 0 Å². The molecule has 5 rings (SSSR count). The molecule has 4 bridgehead atoms. The monoisotopic (exact) mass is 430 g/mol. The highest BCUT2D eigenvalue weighted by molar-refractivity contribution is 5.93. The molecule has 31 heavy (non-hydrogen) atoms. The zero-order valence-electron chi connectivity index (χ0n) is 18.3. The zero-order valence-corrected chi connectivity index (χ0v) is 18.3. The topological polar surface area (TPSA) is 103 Å². The van der Waals surface area contributed by atoms with Crippen LogP contribution in [-0.4, -0.2) is 44.1 Å². The summed E-state index contributed by atoms with van der Waals surface area (Å²) in [7, 11) is 3.06. The van der Waals surface area contributed by atoms with Gasteiger partial charge < -0.3 is 24.8 Å². The van der Waals surface area contributed by atoms with E-state index in [9.17, 15) is 14.4 Å². The first-order valence-corrected chi connectivity index (χ1v) is 10.7. The molecule has 168 valence electrons. The highest BCUT2D eigenvalue weighted by Gasteiger charge is 2.61. The van der Waals surface area contributed by atoms with Crippen molar-refractivity contribution in [2.24, 2.45) is 17.3 Å². The molecular weight excluding hydrogens is 400 g/mol. The third-order valence-electron chi connectivity index (χ3n) is 6.94. The van der Waals surface area contributed by atoms with Gasteiger partial charge in [0.1, 0.15) is 0 Å². The highest BCUT2D eigenvalue weighted by Crippen LogP contribution is 2.62. The van der Waals surface area contributed by atoms with Crippen molar-refractivity contribution in [3.8, 4) is 11.5 Å². The molecule has 8 heteroatoms. The molecule has 4 saturated carbocycles. The van der Waals surface area contributed by atoms with Gasteiger partial charge in [-0.2, -0.15) is 0 Å². The molecule has 1 aromatic carbocycles. The number of anilines is 1. The summed E-state index contributed by atoms with van der Waals surface area (Å²) in [6.45, 7) is 1.18. The maximum Gasteiger partial charge on any atom is 0.312 e. The number of amides is 2. The molecule has 1 aromatic rings.